The van der Waals surface area contributed by atoms with Crippen LogP contribution in [0.4, 0.5) is 0 Å². The third-order valence-corrected chi connectivity index (χ3v) is 6.70. The summed E-state index contributed by atoms with van der Waals surface area (Å²) in [4.78, 5) is 12.0. The van der Waals surface area contributed by atoms with Gasteiger partial charge in [-0.2, -0.15) is 0 Å². The lowest BCUT2D eigenvalue weighted by Crippen LogP contribution is -2.45. The van der Waals surface area contributed by atoms with Crippen LogP contribution in [0, 0.1) is 13.8 Å². The minimum absolute atomic E-state index is 0.239. The highest BCUT2D eigenvalue weighted by molar-refractivity contribution is 5.82. The largest absolute Gasteiger partial charge is 0.346 e. The van der Waals surface area contributed by atoms with Crippen molar-refractivity contribution in [2.75, 3.05) is 13.1 Å². The summed E-state index contributed by atoms with van der Waals surface area (Å²) in [6.45, 7) is 7.51. The summed E-state index contributed by atoms with van der Waals surface area (Å²) in [5, 5.41) is 1.36. The SMILES string of the molecule is Cc1ccc2c(c1)cc(CN1CCCC3(CCc4cnc(C)nc43)C1)n2C. The molecule has 1 atom stereocenters. The third kappa shape index (κ3) is 2.78. The van der Waals surface area contributed by atoms with Crippen molar-refractivity contribution in [3.63, 3.8) is 0 Å². The molecule has 0 saturated carbocycles. The van der Waals surface area contributed by atoms with Crippen molar-refractivity contribution >= 4 is 10.9 Å². The molecule has 3 aromatic rings. The fourth-order valence-corrected chi connectivity index (χ4v) is 5.30. The first-order valence-corrected chi connectivity index (χ1v) is 10.1. The smallest absolute Gasteiger partial charge is 0.125 e. The van der Waals surface area contributed by atoms with Gasteiger partial charge in [0.25, 0.3) is 0 Å². The highest BCUT2D eigenvalue weighted by Gasteiger charge is 2.43. The Balaban J connectivity index is 1.43. The Kier molecular flexibility index (Phi) is 3.87. The molecular weight excluding hydrogens is 332 g/mol. The topological polar surface area (TPSA) is 34.0 Å². The van der Waals surface area contributed by atoms with Crippen LogP contribution in [-0.2, 0) is 25.4 Å². The molecule has 1 aromatic carbocycles. The molecule has 1 unspecified atom stereocenters. The van der Waals surface area contributed by atoms with Crippen LogP contribution in [0.25, 0.3) is 10.9 Å². The maximum atomic E-state index is 4.89. The van der Waals surface area contributed by atoms with E-state index in [0.717, 1.165) is 25.3 Å². The van der Waals surface area contributed by atoms with E-state index < -0.39 is 0 Å². The molecular formula is C23H28N4. The number of aromatic nitrogens is 3. The summed E-state index contributed by atoms with van der Waals surface area (Å²) >= 11 is 0. The van der Waals surface area contributed by atoms with Crippen molar-refractivity contribution in [1.82, 2.24) is 19.4 Å². The van der Waals surface area contributed by atoms with Crippen LogP contribution < -0.4 is 0 Å². The van der Waals surface area contributed by atoms with Crippen LogP contribution in [0.5, 0.6) is 0 Å². The summed E-state index contributed by atoms with van der Waals surface area (Å²) in [6.07, 6.45) is 6.95. The molecule has 4 nitrogen and oxygen atoms in total. The lowest BCUT2D eigenvalue weighted by molar-refractivity contribution is 0.134. The van der Waals surface area contributed by atoms with Gasteiger partial charge in [0.2, 0.25) is 0 Å². The second kappa shape index (κ2) is 6.16. The molecule has 140 valence electrons. The normalized spacial score (nSPS) is 22.6. The number of rotatable bonds is 2. The molecule has 1 aliphatic heterocycles. The summed E-state index contributed by atoms with van der Waals surface area (Å²) in [7, 11) is 2.20. The first-order valence-electron chi connectivity index (χ1n) is 10.1. The van der Waals surface area contributed by atoms with Gasteiger partial charge in [-0.1, -0.05) is 11.6 Å². The van der Waals surface area contributed by atoms with E-state index in [0.29, 0.717) is 0 Å². The van der Waals surface area contributed by atoms with E-state index in [-0.39, 0.29) is 5.41 Å². The van der Waals surface area contributed by atoms with Crippen molar-refractivity contribution in [2.45, 2.75) is 51.5 Å². The Morgan fingerprint density at radius 2 is 2.04 bits per heavy atom. The number of hydrogen-bond acceptors (Lipinski definition) is 3. The third-order valence-electron chi connectivity index (χ3n) is 6.70. The van der Waals surface area contributed by atoms with Crippen molar-refractivity contribution < 1.29 is 0 Å². The van der Waals surface area contributed by atoms with E-state index in [1.165, 1.54) is 59.2 Å². The van der Waals surface area contributed by atoms with Gasteiger partial charge < -0.3 is 4.57 Å². The Bertz CT molecular complexity index is 1010. The molecule has 0 bridgehead atoms. The molecule has 1 saturated heterocycles. The molecule has 1 fully saturated rings. The van der Waals surface area contributed by atoms with Gasteiger partial charge in [0.15, 0.2) is 0 Å². The fraction of sp³-hybridized carbons (Fsp3) is 0.478. The number of piperidine rings is 1. The Labute approximate surface area is 161 Å². The molecule has 1 spiro atoms. The zero-order chi connectivity index (χ0) is 18.6. The molecule has 27 heavy (non-hydrogen) atoms. The van der Waals surface area contributed by atoms with Gasteiger partial charge in [-0.25, -0.2) is 9.97 Å². The predicted molar refractivity (Wildman–Crippen MR) is 109 cm³/mol. The summed E-state index contributed by atoms with van der Waals surface area (Å²) < 4.78 is 2.37. The molecule has 0 radical (unpaired) electrons. The molecule has 0 amide bonds. The van der Waals surface area contributed by atoms with Gasteiger partial charge >= 0.3 is 0 Å². The quantitative estimate of drug-likeness (QED) is 0.691. The van der Waals surface area contributed by atoms with Crippen LogP contribution >= 0.6 is 0 Å². The number of likely N-dealkylation sites (tertiary alicyclic amines) is 1. The summed E-state index contributed by atoms with van der Waals surface area (Å²) in [5.74, 6) is 0.913. The average Bonchev–Trinajstić information content (AvgIpc) is 3.13. The Morgan fingerprint density at radius 3 is 2.93 bits per heavy atom. The van der Waals surface area contributed by atoms with E-state index in [2.05, 4.69) is 58.9 Å². The lowest BCUT2D eigenvalue weighted by Gasteiger charge is -2.40. The molecule has 0 N–H and O–H groups in total. The van der Waals surface area contributed by atoms with Crippen LogP contribution in [0.1, 0.15) is 47.6 Å². The van der Waals surface area contributed by atoms with Crippen LogP contribution in [0.15, 0.2) is 30.5 Å². The van der Waals surface area contributed by atoms with Crippen molar-refractivity contribution in [3.8, 4) is 0 Å². The number of hydrogen-bond donors (Lipinski definition) is 0. The summed E-state index contributed by atoms with van der Waals surface area (Å²) in [6, 6.07) is 9.13. The Morgan fingerprint density at radius 1 is 1.15 bits per heavy atom. The van der Waals surface area contributed by atoms with E-state index in [1.807, 2.05) is 6.92 Å². The maximum absolute atomic E-state index is 4.89. The minimum atomic E-state index is 0.239. The predicted octanol–water partition coefficient (Wildman–Crippen LogP) is 4.07. The standard InChI is InChI=1S/C23H28N4/c1-16-5-6-21-19(11-16)12-20(26(21)3)14-27-10-4-8-23(15-27)9-7-18-13-24-17(2)25-22(18)23/h5-6,11-13H,4,7-10,14-15H2,1-3H3. The fourth-order valence-electron chi connectivity index (χ4n) is 5.30. The van der Waals surface area contributed by atoms with Gasteiger partial charge in [0.05, 0.1) is 5.69 Å². The van der Waals surface area contributed by atoms with Crippen molar-refractivity contribution in [2.24, 2.45) is 7.05 Å². The highest BCUT2D eigenvalue weighted by Crippen LogP contribution is 2.44. The van der Waals surface area contributed by atoms with Crippen LogP contribution in [-0.4, -0.2) is 32.5 Å². The summed E-state index contributed by atoms with van der Waals surface area (Å²) in [5.41, 5.74) is 7.02. The maximum Gasteiger partial charge on any atom is 0.125 e. The lowest BCUT2D eigenvalue weighted by atomic mass is 9.77. The molecule has 4 heteroatoms. The monoisotopic (exact) mass is 360 g/mol. The number of aryl methyl sites for hydroxylation is 4. The number of benzene rings is 1. The van der Waals surface area contributed by atoms with Crippen molar-refractivity contribution in [3.05, 3.63) is 58.8 Å². The second-order valence-corrected chi connectivity index (χ2v) is 8.64. The highest BCUT2D eigenvalue weighted by atomic mass is 15.2. The van der Waals surface area contributed by atoms with E-state index in [9.17, 15) is 0 Å². The van der Waals surface area contributed by atoms with Crippen molar-refractivity contribution in [1.29, 1.82) is 0 Å². The van der Waals surface area contributed by atoms with Crippen LogP contribution in [0.2, 0.25) is 0 Å². The zero-order valence-electron chi connectivity index (χ0n) is 16.6. The Hall–Kier alpha value is -2.20. The van der Waals surface area contributed by atoms with Gasteiger partial charge in [0, 0.05) is 48.3 Å². The zero-order valence-corrected chi connectivity index (χ0v) is 16.6. The molecule has 5 rings (SSSR count). The molecule has 1 aliphatic carbocycles. The van der Waals surface area contributed by atoms with Gasteiger partial charge in [0.1, 0.15) is 5.82 Å². The first-order chi connectivity index (χ1) is 13.0. The van der Waals surface area contributed by atoms with Gasteiger partial charge in [-0.15, -0.1) is 0 Å². The first kappa shape index (κ1) is 16.9. The molecule has 2 aliphatic rings. The van der Waals surface area contributed by atoms with Gasteiger partial charge in [-0.3, -0.25) is 4.90 Å². The number of nitrogens with zero attached hydrogens (tertiary/aromatic N) is 4. The van der Waals surface area contributed by atoms with E-state index >= 15 is 0 Å². The molecule has 3 heterocycles. The van der Waals surface area contributed by atoms with Gasteiger partial charge in [-0.05, 0) is 69.8 Å². The van der Waals surface area contributed by atoms with E-state index in [1.54, 1.807) is 0 Å². The van der Waals surface area contributed by atoms with Crippen LogP contribution in [0.3, 0.4) is 0 Å². The van der Waals surface area contributed by atoms with E-state index in [4.69, 9.17) is 4.98 Å². The average molecular weight is 361 g/mol. The molecule has 2 aromatic heterocycles. The number of fused-ring (bicyclic) bond motifs is 3. The minimum Gasteiger partial charge on any atom is -0.346 e. The second-order valence-electron chi connectivity index (χ2n) is 8.64.